The van der Waals surface area contributed by atoms with Crippen molar-refractivity contribution in [2.75, 3.05) is 13.2 Å². The fourth-order valence-electron chi connectivity index (χ4n) is 5.28. The van der Waals surface area contributed by atoms with Crippen LogP contribution < -0.4 is 10.6 Å². The number of amides is 2. The molecule has 4 rings (SSSR count). The Hall–Kier alpha value is -2.12. The van der Waals surface area contributed by atoms with E-state index in [2.05, 4.69) is 31.4 Å². The highest BCUT2D eigenvalue weighted by molar-refractivity contribution is 6.34. The van der Waals surface area contributed by atoms with Crippen molar-refractivity contribution in [2.45, 2.75) is 64.4 Å². The maximum absolute atomic E-state index is 14.1. The fourth-order valence-corrected chi connectivity index (χ4v) is 5.82. The molecule has 3 unspecified atom stereocenters. The molecule has 2 aromatic rings. The zero-order valence-electron chi connectivity index (χ0n) is 21.1. The van der Waals surface area contributed by atoms with Gasteiger partial charge in [0.05, 0.1) is 24.4 Å². The lowest BCUT2D eigenvalue weighted by Crippen LogP contribution is -2.59. The molecular formula is C28H33Cl2N3O3. The van der Waals surface area contributed by atoms with Crippen LogP contribution in [0.1, 0.15) is 74.1 Å². The fraction of sp³-hybridized carbons (Fsp3) is 0.464. The Morgan fingerprint density at radius 2 is 1.86 bits per heavy atom. The number of nitrogens with zero attached hydrogens (tertiary/aromatic N) is 1. The lowest BCUT2D eigenvalue weighted by molar-refractivity contribution is -0.146. The third-order valence-corrected chi connectivity index (χ3v) is 7.64. The zero-order chi connectivity index (χ0) is 26.3. The molecule has 2 heterocycles. The van der Waals surface area contributed by atoms with Gasteiger partial charge in [-0.25, -0.2) is 0 Å². The molecule has 2 aliphatic heterocycles. The van der Waals surface area contributed by atoms with E-state index in [0.29, 0.717) is 35.1 Å². The first-order valence-corrected chi connectivity index (χ1v) is 13.0. The normalized spacial score (nSPS) is 25.3. The van der Waals surface area contributed by atoms with Crippen molar-refractivity contribution in [1.82, 2.24) is 15.5 Å². The molecule has 2 amide bonds. The van der Waals surface area contributed by atoms with Crippen LogP contribution in [-0.2, 0) is 9.53 Å². The summed E-state index contributed by atoms with van der Waals surface area (Å²) in [5.74, 6) is -0.275. The van der Waals surface area contributed by atoms with Crippen LogP contribution in [0.2, 0.25) is 10.0 Å². The van der Waals surface area contributed by atoms with Crippen molar-refractivity contribution in [3.05, 3.63) is 76.1 Å². The molecular weight excluding hydrogens is 497 g/mol. The summed E-state index contributed by atoms with van der Waals surface area (Å²) >= 11 is 12.6. The van der Waals surface area contributed by atoms with E-state index in [-0.39, 0.29) is 35.9 Å². The molecule has 192 valence electrons. The van der Waals surface area contributed by atoms with Gasteiger partial charge in [-0.15, -0.1) is 0 Å². The summed E-state index contributed by atoms with van der Waals surface area (Å²) in [5.41, 5.74) is 1.48. The quantitative estimate of drug-likeness (QED) is 0.529. The highest BCUT2D eigenvalue weighted by atomic mass is 35.5. The number of hydrogen-bond donors (Lipinski definition) is 2. The number of carbonyl (C=O) groups excluding carboxylic acids is 2. The first-order chi connectivity index (χ1) is 16.9. The average Bonchev–Trinajstić information content (AvgIpc) is 3.09. The first kappa shape index (κ1) is 26.9. The van der Waals surface area contributed by atoms with Crippen LogP contribution in [0.3, 0.4) is 0 Å². The predicted molar refractivity (Wildman–Crippen MR) is 142 cm³/mol. The second-order valence-corrected chi connectivity index (χ2v) is 11.6. The second-order valence-electron chi connectivity index (χ2n) is 10.7. The van der Waals surface area contributed by atoms with E-state index < -0.39 is 11.7 Å². The number of benzene rings is 2. The molecule has 0 aromatic heterocycles. The van der Waals surface area contributed by atoms with Gasteiger partial charge in [-0.2, -0.15) is 0 Å². The molecule has 0 aliphatic carbocycles. The molecule has 8 heteroatoms. The van der Waals surface area contributed by atoms with Crippen LogP contribution in [0, 0.1) is 12.3 Å². The van der Waals surface area contributed by atoms with Crippen molar-refractivity contribution in [2.24, 2.45) is 5.41 Å². The van der Waals surface area contributed by atoms with Gasteiger partial charge in [0.1, 0.15) is 6.04 Å². The zero-order valence-corrected chi connectivity index (χ0v) is 22.6. The minimum Gasteiger partial charge on any atom is -0.377 e. The molecule has 2 aliphatic rings. The van der Waals surface area contributed by atoms with E-state index in [1.165, 1.54) is 0 Å². The summed E-state index contributed by atoms with van der Waals surface area (Å²) in [6, 6.07) is 11.7. The standard InChI is InChI=1S/C28H33Cl2N3O3/c1-6-31-25(34)19-9-7-18(8-10-19)17(2)33-26(35)24(20-13-21(29)15-22(30)14-20)32-28(33)11-12-36-23(16-28)27(3,4)5/h1,7-10,13-15,17,23-24,32H,6,11-12,16H2,2-5H3,(H,31,34)/t17-,23?,24?,28?/m1/s1. The van der Waals surface area contributed by atoms with Crippen LogP contribution in [0.15, 0.2) is 42.5 Å². The average molecular weight is 530 g/mol. The van der Waals surface area contributed by atoms with Crippen LogP contribution >= 0.6 is 23.2 Å². The van der Waals surface area contributed by atoms with Crippen molar-refractivity contribution in [3.8, 4) is 0 Å². The summed E-state index contributed by atoms with van der Waals surface area (Å²) in [7, 11) is 0. The smallest absolute Gasteiger partial charge is 0.251 e. The lowest BCUT2D eigenvalue weighted by Gasteiger charge is -2.49. The van der Waals surface area contributed by atoms with Gasteiger partial charge in [-0.3, -0.25) is 14.9 Å². The Morgan fingerprint density at radius 1 is 1.22 bits per heavy atom. The predicted octanol–water partition coefficient (Wildman–Crippen LogP) is 5.59. The lowest BCUT2D eigenvalue weighted by atomic mass is 9.80. The van der Waals surface area contributed by atoms with Gasteiger partial charge in [0.25, 0.3) is 5.91 Å². The summed E-state index contributed by atoms with van der Waals surface area (Å²) < 4.78 is 6.17. The number of ether oxygens (including phenoxy) is 1. The van der Waals surface area contributed by atoms with E-state index in [1.54, 1.807) is 30.3 Å². The largest absolute Gasteiger partial charge is 0.377 e. The molecule has 0 saturated carbocycles. The Kier molecular flexibility index (Phi) is 7.73. The Morgan fingerprint density at radius 3 is 2.44 bits per heavy atom. The number of nitrogens with one attached hydrogen (secondary N) is 2. The monoisotopic (exact) mass is 529 g/mol. The van der Waals surface area contributed by atoms with Crippen molar-refractivity contribution >= 4 is 35.0 Å². The summed E-state index contributed by atoms with van der Waals surface area (Å²) in [5, 5.41) is 7.25. The van der Waals surface area contributed by atoms with Gasteiger partial charge in [0, 0.05) is 35.0 Å². The molecule has 2 saturated heterocycles. The molecule has 2 N–H and O–H groups in total. The van der Waals surface area contributed by atoms with Crippen LogP contribution in [0.5, 0.6) is 0 Å². The van der Waals surface area contributed by atoms with Crippen molar-refractivity contribution < 1.29 is 14.3 Å². The van der Waals surface area contributed by atoms with Crippen molar-refractivity contribution in [3.63, 3.8) is 0 Å². The highest BCUT2D eigenvalue weighted by Gasteiger charge is 2.56. The summed E-state index contributed by atoms with van der Waals surface area (Å²) in [6.07, 6.45) is 1.26. The van der Waals surface area contributed by atoms with Gasteiger partial charge in [-0.1, -0.05) is 56.1 Å². The van der Waals surface area contributed by atoms with Crippen LogP contribution in [-0.4, -0.2) is 41.6 Å². The number of halogens is 2. The number of rotatable bonds is 5. The third kappa shape index (κ3) is 5.28. The molecule has 2 fully saturated rings. The van der Waals surface area contributed by atoms with Crippen LogP contribution in [0.25, 0.3) is 0 Å². The number of hydrogen-bond acceptors (Lipinski definition) is 4. The van der Waals surface area contributed by atoms with E-state index in [0.717, 1.165) is 11.1 Å². The Labute approximate surface area is 223 Å². The van der Waals surface area contributed by atoms with Gasteiger partial charge in [0.15, 0.2) is 0 Å². The van der Waals surface area contributed by atoms with E-state index in [9.17, 15) is 9.59 Å². The molecule has 36 heavy (non-hydrogen) atoms. The van der Waals surface area contributed by atoms with Crippen molar-refractivity contribution in [1.29, 1.82) is 0 Å². The number of carbonyl (C=O) groups is 2. The minimum atomic E-state index is -0.609. The minimum absolute atomic E-state index is 0.0368. The molecule has 2 aromatic carbocycles. The highest BCUT2D eigenvalue weighted by Crippen LogP contribution is 2.46. The molecule has 0 bridgehead atoms. The van der Waals surface area contributed by atoms with Gasteiger partial charge < -0.3 is 15.0 Å². The molecule has 2 radical (unpaired) electrons. The van der Waals surface area contributed by atoms with Gasteiger partial charge >= 0.3 is 0 Å². The summed E-state index contributed by atoms with van der Waals surface area (Å²) in [4.78, 5) is 28.2. The third-order valence-electron chi connectivity index (χ3n) is 7.21. The van der Waals surface area contributed by atoms with Crippen LogP contribution in [0.4, 0.5) is 0 Å². The first-order valence-electron chi connectivity index (χ1n) is 12.2. The van der Waals surface area contributed by atoms with Gasteiger partial charge in [-0.05, 0) is 60.7 Å². The maximum atomic E-state index is 14.1. The molecule has 1 spiro atoms. The second kappa shape index (κ2) is 10.3. The summed E-state index contributed by atoms with van der Waals surface area (Å²) in [6.45, 7) is 14.5. The van der Waals surface area contributed by atoms with E-state index in [4.69, 9.17) is 34.9 Å². The topological polar surface area (TPSA) is 70.7 Å². The molecule has 4 atom stereocenters. The maximum Gasteiger partial charge on any atom is 0.251 e. The van der Waals surface area contributed by atoms with E-state index in [1.807, 2.05) is 24.0 Å². The van der Waals surface area contributed by atoms with Gasteiger partial charge in [0.2, 0.25) is 5.91 Å². The Bertz CT molecular complexity index is 1110. The molecule has 6 nitrogen and oxygen atoms in total. The SMILES string of the molecule is [CH]CNC(=O)c1ccc([C@@H](C)N2C(=O)C(c3cc(Cl)cc(Cl)c3)NC23CCOC(C(C)(C)C)C3)cc1. The Balaban J connectivity index is 1.73. The van der Waals surface area contributed by atoms with E-state index >= 15 is 0 Å².